The SMILES string of the molecule is CC(C)NC(=O)COC(=O)c1ccc2c(c1)CCC2. The molecule has 0 heterocycles. The van der Waals surface area contributed by atoms with Crippen molar-refractivity contribution in [1.82, 2.24) is 5.32 Å². The van der Waals surface area contributed by atoms with E-state index in [1.54, 1.807) is 6.07 Å². The Morgan fingerprint density at radius 1 is 1.26 bits per heavy atom. The van der Waals surface area contributed by atoms with E-state index in [-0.39, 0.29) is 18.6 Å². The van der Waals surface area contributed by atoms with Crippen LogP contribution in [0.25, 0.3) is 0 Å². The molecule has 1 aromatic rings. The van der Waals surface area contributed by atoms with Gasteiger partial charge in [-0.1, -0.05) is 6.07 Å². The third-order valence-corrected chi connectivity index (χ3v) is 3.12. The largest absolute Gasteiger partial charge is 0.452 e. The molecule has 0 aromatic heterocycles. The molecule has 4 heteroatoms. The van der Waals surface area contributed by atoms with E-state index in [0.717, 1.165) is 19.3 Å². The molecule has 0 saturated heterocycles. The molecule has 1 aliphatic rings. The van der Waals surface area contributed by atoms with Gasteiger partial charge in [-0.05, 0) is 56.4 Å². The quantitative estimate of drug-likeness (QED) is 0.842. The predicted octanol–water partition coefficient (Wildman–Crippen LogP) is 1.86. The number of esters is 1. The van der Waals surface area contributed by atoms with Crippen LogP contribution in [0.1, 0.15) is 41.8 Å². The number of rotatable bonds is 4. The standard InChI is InChI=1S/C15H19NO3/c1-10(2)16-14(17)9-19-15(18)13-7-6-11-4-3-5-12(11)8-13/h6-8,10H,3-5,9H2,1-2H3,(H,16,17). The summed E-state index contributed by atoms with van der Waals surface area (Å²) in [6.45, 7) is 3.49. The number of aryl methyl sites for hydroxylation is 2. The molecular weight excluding hydrogens is 242 g/mol. The lowest BCUT2D eigenvalue weighted by Gasteiger charge is -2.09. The number of benzene rings is 1. The van der Waals surface area contributed by atoms with Crippen molar-refractivity contribution in [2.75, 3.05) is 6.61 Å². The lowest BCUT2D eigenvalue weighted by Crippen LogP contribution is -2.33. The van der Waals surface area contributed by atoms with E-state index in [2.05, 4.69) is 5.32 Å². The molecule has 0 unspecified atom stereocenters. The van der Waals surface area contributed by atoms with Crippen molar-refractivity contribution in [1.29, 1.82) is 0 Å². The Balaban J connectivity index is 1.91. The van der Waals surface area contributed by atoms with Gasteiger partial charge in [-0.3, -0.25) is 4.79 Å². The molecule has 0 radical (unpaired) electrons. The summed E-state index contributed by atoms with van der Waals surface area (Å²) in [6, 6.07) is 5.68. The second-order valence-electron chi connectivity index (χ2n) is 5.14. The Morgan fingerprint density at radius 2 is 2.00 bits per heavy atom. The van der Waals surface area contributed by atoms with Gasteiger partial charge in [0.25, 0.3) is 5.91 Å². The summed E-state index contributed by atoms with van der Waals surface area (Å²) in [6.07, 6.45) is 3.25. The topological polar surface area (TPSA) is 55.4 Å². The van der Waals surface area contributed by atoms with E-state index in [1.165, 1.54) is 11.1 Å². The summed E-state index contributed by atoms with van der Waals surface area (Å²) in [5.41, 5.74) is 3.06. The van der Waals surface area contributed by atoms with Gasteiger partial charge in [0.1, 0.15) is 0 Å². The van der Waals surface area contributed by atoms with Crippen molar-refractivity contribution >= 4 is 11.9 Å². The lowest BCUT2D eigenvalue weighted by molar-refractivity contribution is -0.124. The van der Waals surface area contributed by atoms with Crippen LogP contribution >= 0.6 is 0 Å². The fourth-order valence-electron chi connectivity index (χ4n) is 2.28. The zero-order valence-electron chi connectivity index (χ0n) is 11.4. The molecule has 0 atom stereocenters. The molecule has 0 fully saturated rings. The normalized spacial score (nSPS) is 13.2. The van der Waals surface area contributed by atoms with Gasteiger partial charge in [0.05, 0.1) is 5.56 Å². The van der Waals surface area contributed by atoms with Gasteiger partial charge >= 0.3 is 5.97 Å². The third kappa shape index (κ3) is 3.56. The average molecular weight is 261 g/mol. The van der Waals surface area contributed by atoms with Crippen molar-refractivity contribution < 1.29 is 14.3 Å². The molecule has 102 valence electrons. The molecule has 2 rings (SSSR count). The maximum Gasteiger partial charge on any atom is 0.338 e. The van der Waals surface area contributed by atoms with Gasteiger partial charge in [-0.25, -0.2) is 4.79 Å². The molecule has 4 nitrogen and oxygen atoms in total. The Morgan fingerprint density at radius 3 is 2.74 bits per heavy atom. The van der Waals surface area contributed by atoms with Gasteiger partial charge < -0.3 is 10.1 Å². The van der Waals surface area contributed by atoms with Crippen LogP contribution in [-0.2, 0) is 22.4 Å². The first-order valence-corrected chi connectivity index (χ1v) is 6.64. The third-order valence-electron chi connectivity index (χ3n) is 3.12. The van der Waals surface area contributed by atoms with Crippen LogP contribution in [0, 0.1) is 0 Å². The van der Waals surface area contributed by atoms with Crippen LogP contribution in [0.3, 0.4) is 0 Å². The molecule has 1 aliphatic carbocycles. The van der Waals surface area contributed by atoms with Gasteiger partial charge in [-0.2, -0.15) is 0 Å². The fraction of sp³-hybridized carbons (Fsp3) is 0.467. The minimum absolute atomic E-state index is 0.0474. The summed E-state index contributed by atoms with van der Waals surface area (Å²) >= 11 is 0. The molecule has 1 amide bonds. The molecule has 1 aromatic carbocycles. The number of amides is 1. The van der Waals surface area contributed by atoms with Gasteiger partial charge in [0.2, 0.25) is 0 Å². The predicted molar refractivity (Wildman–Crippen MR) is 72.0 cm³/mol. The van der Waals surface area contributed by atoms with Crippen molar-refractivity contribution in [2.45, 2.75) is 39.2 Å². The number of ether oxygens (including phenoxy) is 1. The summed E-state index contributed by atoms with van der Waals surface area (Å²) in [5, 5.41) is 2.68. The number of carbonyl (C=O) groups excluding carboxylic acids is 2. The van der Waals surface area contributed by atoms with Gasteiger partial charge in [0.15, 0.2) is 6.61 Å². The van der Waals surface area contributed by atoms with Crippen LogP contribution in [0.5, 0.6) is 0 Å². The zero-order chi connectivity index (χ0) is 13.8. The minimum Gasteiger partial charge on any atom is -0.452 e. The number of fused-ring (bicyclic) bond motifs is 1. The highest BCUT2D eigenvalue weighted by Gasteiger charge is 2.15. The Labute approximate surface area is 113 Å². The Hall–Kier alpha value is -1.84. The van der Waals surface area contributed by atoms with Crippen molar-refractivity contribution in [3.63, 3.8) is 0 Å². The summed E-state index contributed by atoms with van der Waals surface area (Å²) < 4.78 is 5.00. The molecule has 0 bridgehead atoms. The van der Waals surface area contributed by atoms with E-state index < -0.39 is 5.97 Å². The highest BCUT2D eigenvalue weighted by Crippen LogP contribution is 2.23. The molecule has 1 N–H and O–H groups in total. The van der Waals surface area contributed by atoms with Crippen molar-refractivity contribution in [2.24, 2.45) is 0 Å². The number of hydrogen-bond acceptors (Lipinski definition) is 3. The first-order chi connectivity index (χ1) is 9.06. The fourth-order valence-corrected chi connectivity index (χ4v) is 2.28. The second kappa shape index (κ2) is 5.87. The highest BCUT2D eigenvalue weighted by atomic mass is 16.5. The summed E-state index contributed by atoms with van der Waals surface area (Å²) in [7, 11) is 0. The Bertz CT molecular complexity index is 494. The molecule has 0 spiro atoms. The van der Waals surface area contributed by atoms with Crippen molar-refractivity contribution in [3.8, 4) is 0 Å². The van der Waals surface area contributed by atoms with Gasteiger partial charge in [0, 0.05) is 6.04 Å². The van der Waals surface area contributed by atoms with E-state index in [9.17, 15) is 9.59 Å². The minimum atomic E-state index is -0.436. The molecule has 0 saturated carbocycles. The van der Waals surface area contributed by atoms with Crippen LogP contribution in [0.15, 0.2) is 18.2 Å². The van der Waals surface area contributed by atoms with E-state index in [4.69, 9.17) is 4.74 Å². The maximum absolute atomic E-state index is 11.8. The zero-order valence-corrected chi connectivity index (χ0v) is 11.4. The summed E-state index contributed by atoms with van der Waals surface area (Å²) in [5.74, 6) is -0.710. The number of hydrogen-bond donors (Lipinski definition) is 1. The maximum atomic E-state index is 11.8. The lowest BCUT2D eigenvalue weighted by atomic mass is 10.1. The molecule has 19 heavy (non-hydrogen) atoms. The molecule has 0 aliphatic heterocycles. The Kier molecular flexibility index (Phi) is 4.20. The van der Waals surface area contributed by atoms with E-state index in [1.807, 2.05) is 26.0 Å². The average Bonchev–Trinajstić information content (AvgIpc) is 2.82. The first kappa shape index (κ1) is 13.6. The number of carbonyl (C=O) groups is 2. The second-order valence-corrected chi connectivity index (χ2v) is 5.14. The van der Waals surface area contributed by atoms with Crippen LogP contribution < -0.4 is 5.32 Å². The van der Waals surface area contributed by atoms with E-state index >= 15 is 0 Å². The smallest absolute Gasteiger partial charge is 0.338 e. The van der Waals surface area contributed by atoms with Gasteiger partial charge in [-0.15, -0.1) is 0 Å². The molecular formula is C15H19NO3. The summed E-state index contributed by atoms with van der Waals surface area (Å²) in [4.78, 5) is 23.2. The van der Waals surface area contributed by atoms with Crippen LogP contribution in [0.4, 0.5) is 0 Å². The monoisotopic (exact) mass is 261 g/mol. The van der Waals surface area contributed by atoms with Crippen LogP contribution in [0.2, 0.25) is 0 Å². The van der Waals surface area contributed by atoms with Crippen molar-refractivity contribution in [3.05, 3.63) is 34.9 Å². The number of nitrogens with one attached hydrogen (secondary N) is 1. The van der Waals surface area contributed by atoms with Crippen LogP contribution in [-0.4, -0.2) is 24.5 Å². The van der Waals surface area contributed by atoms with E-state index in [0.29, 0.717) is 5.56 Å². The highest BCUT2D eigenvalue weighted by molar-refractivity contribution is 5.91. The first-order valence-electron chi connectivity index (χ1n) is 6.64.